The molecule has 2 saturated carbocycles. The fourth-order valence-electron chi connectivity index (χ4n) is 3.23. The molecular weight excluding hydrogens is 241 g/mol. The molecule has 98 valence electrons. The largest absolute Gasteiger partial charge is 0.416 e. The van der Waals surface area contributed by atoms with E-state index >= 15 is 0 Å². The quantitative estimate of drug-likeness (QED) is 0.859. The summed E-state index contributed by atoms with van der Waals surface area (Å²) in [6, 6.07) is 5.16. The van der Waals surface area contributed by atoms with Crippen molar-refractivity contribution in [1.29, 1.82) is 0 Å². The minimum Gasteiger partial charge on any atom is -0.389 e. The van der Waals surface area contributed by atoms with Crippen molar-refractivity contribution < 1.29 is 18.3 Å². The summed E-state index contributed by atoms with van der Waals surface area (Å²) in [4.78, 5) is 0. The summed E-state index contributed by atoms with van der Waals surface area (Å²) in [5.41, 5.74) is -0.517. The zero-order valence-corrected chi connectivity index (χ0v) is 9.87. The molecule has 0 saturated heterocycles. The highest BCUT2D eigenvalue weighted by molar-refractivity contribution is 5.27. The molecule has 1 aromatic carbocycles. The second kappa shape index (κ2) is 3.73. The molecule has 3 rings (SSSR count). The number of hydrogen-bond acceptors (Lipinski definition) is 1. The summed E-state index contributed by atoms with van der Waals surface area (Å²) < 4.78 is 37.3. The van der Waals surface area contributed by atoms with Crippen LogP contribution in [-0.4, -0.2) is 10.7 Å². The summed E-state index contributed by atoms with van der Waals surface area (Å²) in [6.45, 7) is 0. The average Bonchev–Trinajstić information content (AvgIpc) is 3.00. The molecule has 2 aliphatic rings. The molecule has 0 radical (unpaired) electrons. The molecule has 1 N–H and O–H groups in total. The van der Waals surface area contributed by atoms with Crippen LogP contribution in [-0.2, 0) is 12.6 Å². The first-order valence-corrected chi connectivity index (χ1v) is 6.27. The Morgan fingerprint density at radius 3 is 2.33 bits per heavy atom. The van der Waals surface area contributed by atoms with Gasteiger partial charge in [-0.15, -0.1) is 0 Å². The lowest BCUT2D eigenvalue weighted by atomic mass is 9.89. The van der Waals surface area contributed by atoms with Gasteiger partial charge in [-0.2, -0.15) is 13.2 Å². The number of fused-ring (bicyclic) bond motifs is 1. The Kier molecular flexibility index (Phi) is 2.49. The molecule has 1 nitrogen and oxygen atoms in total. The van der Waals surface area contributed by atoms with E-state index in [0.717, 1.165) is 37.0 Å². The molecule has 3 unspecified atom stereocenters. The van der Waals surface area contributed by atoms with Gasteiger partial charge in [-0.1, -0.05) is 12.1 Å². The van der Waals surface area contributed by atoms with Gasteiger partial charge in [0, 0.05) is 6.42 Å². The average molecular weight is 256 g/mol. The van der Waals surface area contributed by atoms with Crippen molar-refractivity contribution in [2.45, 2.75) is 37.5 Å². The van der Waals surface area contributed by atoms with E-state index in [1.54, 1.807) is 0 Å². The summed E-state index contributed by atoms with van der Waals surface area (Å²) in [5, 5.41) is 10.5. The fourth-order valence-corrected chi connectivity index (χ4v) is 3.23. The van der Waals surface area contributed by atoms with Crippen molar-refractivity contribution in [2.24, 2.45) is 11.8 Å². The Balaban J connectivity index is 1.74. The molecule has 18 heavy (non-hydrogen) atoms. The number of halogens is 3. The first kappa shape index (κ1) is 12.0. The van der Waals surface area contributed by atoms with Crippen molar-refractivity contribution in [2.75, 3.05) is 0 Å². The van der Waals surface area contributed by atoms with E-state index in [0.29, 0.717) is 18.3 Å². The third kappa shape index (κ3) is 2.03. The summed E-state index contributed by atoms with van der Waals surface area (Å²) in [5.74, 6) is 1.03. The van der Waals surface area contributed by atoms with E-state index in [-0.39, 0.29) is 0 Å². The van der Waals surface area contributed by atoms with E-state index in [1.807, 2.05) is 0 Å². The van der Waals surface area contributed by atoms with Crippen LogP contribution in [0.25, 0.3) is 0 Å². The molecule has 0 bridgehead atoms. The molecule has 0 spiro atoms. The van der Waals surface area contributed by atoms with E-state index in [9.17, 15) is 18.3 Å². The first-order chi connectivity index (χ1) is 8.38. The highest BCUT2D eigenvalue weighted by Crippen LogP contribution is 2.58. The number of alkyl halides is 3. The lowest BCUT2D eigenvalue weighted by Crippen LogP contribution is -2.31. The molecule has 2 aliphatic carbocycles. The fraction of sp³-hybridized carbons (Fsp3) is 0.571. The second-order valence-corrected chi connectivity index (χ2v) is 5.62. The van der Waals surface area contributed by atoms with Gasteiger partial charge in [0.25, 0.3) is 0 Å². The molecule has 2 fully saturated rings. The first-order valence-electron chi connectivity index (χ1n) is 6.27. The lowest BCUT2D eigenvalue weighted by Gasteiger charge is -2.24. The Morgan fingerprint density at radius 2 is 1.89 bits per heavy atom. The minimum atomic E-state index is -4.29. The third-order valence-corrected chi connectivity index (χ3v) is 4.35. The number of aliphatic hydroxyl groups is 1. The Bertz CT molecular complexity index is 451. The Labute approximate surface area is 104 Å². The van der Waals surface area contributed by atoms with Crippen LogP contribution in [0.5, 0.6) is 0 Å². The number of hydrogen-bond donors (Lipinski definition) is 1. The highest BCUT2D eigenvalue weighted by atomic mass is 19.4. The molecule has 3 atom stereocenters. The highest BCUT2D eigenvalue weighted by Gasteiger charge is 2.56. The van der Waals surface area contributed by atoms with Crippen LogP contribution < -0.4 is 0 Å². The van der Waals surface area contributed by atoms with Gasteiger partial charge in [-0.3, -0.25) is 0 Å². The van der Waals surface area contributed by atoms with Crippen molar-refractivity contribution >= 4 is 0 Å². The molecule has 4 heteroatoms. The smallest absolute Gasteiger partial charge is 0.389 e. The van der Waals surface area contributed by atoms with Gasteiger partial charge in [0.05, 0.1) is 11.2 Å². The summed E-state index contributed by atoms with van der Waals surface area (Å²) >= 11 is 0. The molecule has 0 aliphatic heterocycles. The van der Waals surface area contributed by atoms with Crippen LogP contribution in [0.15, 0.2) is 24.3 Å². The SMILES string of the molecule is OC1(Cc2ccc(C(F)(F)F)cc2)CCC2CC21. The minimum absolute atomic E-state index is 0.375. The predicted molar refractivity (Wildman–Crippen MR) is 60.9 cm³/mol. The standard InChI is InChI=1S/C14H15F3O/c15-14(16,17)11-3-1-9(2-4-11)8-13(18)6-5-10-7-12(10)13/h1-4,10,12,18H,5-8H2. The third-order valence-electron chi connectivity index (χ3n) is 4.35. The van der Waals surface area contributed by atoms with E-state index < -0.39 is 17.3 Å². The molecule has 0 aromatic heterocycles. The van der Waals surface area contributed by atoms with Crippen LogP contribution in [0.2, 0.25) is 0 Å². The number of benzene rings is 1. The van der Waals surface area contributed by atoms with Gasteiger partial charge in [0.1, 0.15) is 0 Å². The normalized spacial score (nSPS) is 34.4. The molecule has 0 amide bonds. The van der Waals surface area contributed by atoms with E-state index in [4.69, 9.17) is 0 Å². The van der Waals surface area contributed by atoms with Crippen LogP contribution in [0.1, 0.15) is 30.4 Å². The monoisotopic (exact) mass is 256 g/mol. The van der Waals surface area contributed by atoms with Crippen LogP contribution in [0.4, 0.5) is 13.2 Å². The van der Waals surface area contributed by atoms with Gasteiger partial charge in [-0.05, 0) is 48.8 Å². The molecule has 1 aromatic rings. The Hall–Kier alpha value is -1.03. The topological polar surface area (TPSA) is 20.2 Å². The van der Waals surface area contributed by atoms with Gasteiger partial charge >= 0.3 is 6.18 Å². The van der Waals surface area contributed by atoms with Gasteiger partial charge in [-0.25, -0.2) is 0 Å². The van der Waals surface area contributed by atoms with Crippen LogP contribution in [0.3, 0.4) is 0 Å². The maximum atomic E-state index is 12.4. The summed E-state index contributed by atoms with van der Waals surface area (Å²) in [7, 11) is 0. The Morgan fingerprint density at radius 1 is 1.22 bits per heavy atom. The van der Waals surface area contributed by atoms with Crippen molar-refractivity contribution in [3.05, 3.63) is 35.4 Å². The van der Waals surface area contributed by atoms with Crippen LogP contribution >= 0.6 is 0 Å². The maximum Gasteiger partial charge on any atom is 0.416 e. The summed E-state index contributed by atoms with van der Waals surface area (Å²) in [6.07, 6.45) is -0.890. The van der Waals surface area contributed by atoms with Crippen molar-refractivity contribution in [3.63, 3.8) is 0 Å². The molecule has 0 heterocycles. The lowest BCUT2D eigenvalue weighted by molar-refractivity contribution is -0.137. The molecular formula is C14H15F3O. The number of rotatable bonds is 2. The van der Waals surface area contributed by atoms with Gasteiger partial charge < -0.3 is 5.11 Å². The zero-order chi connectivity index (χ0) is 13.0. The van der Waals surface area contributed by atoms with E-state index in [2.05, 4.69) is 0 Å². The van der Waals surface area contributed by atoms with Gasteiger partial charge in [0.2, 0.25) is 0 Å². The van der Waals surface area contributed by atoms with Gasteiger partial charge in [0.15, 0.2) is 0 Å². The maximum absolute atomic E-state index is 12.4. The van der Waals surface area contributed by atoms with E-state index in [1.165, 1.54) is 12.1 Å². The predicted octanol–water partition coefficient (Wildman–Crippen LogP) is 3.41. The second-order valence-electron chi connectivity index (χ2n) is 5.62. The van der Waals surface area contributed by atoms with Crippen molar-refractivity contribution in [3.8, 4) is 0 Å². The van der Waals surface area contributed by atoms with Crippen LogP contribution in [0, 0.1) is 11.8 Å². The van der Waals surface area contributed by atoms with Crippen molar-refractivity contribution in [1.82, 2.24) is 0 Å². The zero-order valence-electron chi connectivity index (χ0n) is 9.87.